The third kappa shape index (κ3) is 0.892. The molecule has 0 spiro atoms. The lowest BCUT2D eigenvalue weighted by molar-refractivity contribution is -0.222. The van der Waals surface area contributed by atoms with Crippen molar-refractivity contribution in [2.75, 3.05) is 0 Å². The Labute approximate surface area is 86.6 Å². The average molecular weight is 195 g/mol. The fourth-order valence-corrected chi connectivity index (χ4v) is 3.77. The summed E-state index contributed by atoms with van der Waals surface area (Å²) in [7, 11) is 0. The highest BCUT2D eigenvalue weighted by atomic mass is 16.7. The van der Waals surface area contributed by atoms with Gasteiger partial charge >= 0.3 is 0 Å². The lowest BCUT2D eigenvalue weighted by Crippen LogP contribution is -2.49. The van der Waals surface area contributed by atoms with Crippen LogP contribution in [0.4, 0.5) is 0 Å². The molecule has 3 rings (SSSR count). The Balaban J connectivity index is 1.86. The van der Waals surface area contributed by atoms with Crippen LogP contribution in [0.25, 0.3) is 0 Å². The summed E-state index contributed by atoms with van der Waals surface area (Å²) in [5.41, 5.74) is 0.279. The number of nitrogens with zero attached hydrogens (tertiary/aromatic N) is 1. The molecule has 3 fully saturated rings. The zero-order valence-corrected chi connectivity index (χ0v) is 9.66. The summed E-state index contributed by atoms with van der Waals surface area (Å²) in [6, 6.07) is 0.723. The van der Waals surface area contributed by atoms with Crippen molar-refractivity contribution < 1.29 is 4.84 Å². The van der Waals surface area contributed by atoms with Crippen LogP contribution in [0.5, 0.6) is 0 Å². The summed E-state index contributed by atoms with van der Waals surface area (Å²) >= 11 is 0. The minimum Gasteiger partial charge on any atom is -0.294 e. The largest absolute Gasteiger partial charge is 0.294 e. The van der Waals surface area contributed by atoms with Crippen molar-refractivity contribution in [1.82, 2.24) is 5.06 Å². The van der Waals surface area contributed by atoms with E-state index in [-0.39, 0.29) is 5.54 Å². The van der Waals surface area contributed by atoms with Crippen LogP contribution in [-0.4, -0.2) is 22.7 Å². The van der Waals surface area contributed by atoms with E-state index in [1.807, 2.05) is 0 Å². The number of hydrogen-bond donors (Lipinski definition) is 0. The first-order valence-electron chi connectivity index (χ1n) is 5.98. The van der Waals surface area contributed by atoms with Crippen LogP contribution >= 0.6 is 0 Å². The molecule has 0 radical (unpaired) electrons. The van der Waals surface area contributed by atoms with Crippen LogP contribution < -0.4 is 0 Å². The van der Waals surface area contributed by atoms with Gasteiger partial charge in [-0.1, -0.05) is 13.8 Å². The van der Waals surface area contributed by atoms with Gasteiger partial charge in [-0.2, -0.15) is 5.06 Å². The summed E-state index contributed by atoms with van der Waals surface area (Å²) in [5, 5.41) is 2.32. The van der Waals surface area contributed by atoms with Crippen molar-refractivity contribution in [2.45, 2.75) is 58.2 Å². The molecular weight excluding hydrogens is 174 g/mol. The average Bonchev–Trinajstić information content (AvgIpc) is 2.62. The first-order chi connectivity index (χ1) is 6.52. The van der Waals surface area contributed by atoms with Gasteiger partial charge in [0.15, 0.2) is 0 Å². The Kier molecular flexibility index (Phi) is 1.66. The molecule has 0 amide bonds. The minimum absolute atomic E-state index is 0.279. The number of rotatable bonds is 0. The molecule has 2 heteroatoms. The fraction of sp³-hybridized carbons (Fsp3) is 1.00. The van der Waals surface area contributed by atoms with Crippen LogP contribution in [0.2, 0.25) is 0 Å². The molecule has 0 aromatic heterocycles. The Morgan fingerprint density at radius 2 is 1.93 bits per heavy atom. The van der Waals surface area contributed by atoms with E-state index in [0.29, 0.717) is 6.10 Å². The molecular formula is C12H21NO. The van der Waals surface area contributed by atoms with E-state index < -0.39 is 0 Å². The predicted octanol–water partition coefficient (Wildman–Crippen LogP) is 2.45. The fourth-order valence-electron chi connectivity index (χ4n) is 3.77. The molecule has 0 unspecified atom stereocenters. The molecule has 2 aliphatic heterocycles. The zero-order chi connectivity index (χ0) is 10.1. The number of hydroxylamine groups is 2. The standard InChI is InChI=1S/C12H21NO/c1-7-8(2)11-10(7)9-5-6-12(3,4)13(9)14-11/h7-11H,5-6H2,1-4H3/t7-,8+,9-,10-,11-/m0/s1. The van der Waals surface area contributed by atoms with Gasteiger partial charge in [-0.3, -0.25) is 4.84 Å². The smallest absolute Gasteiger partial charge is 0.0868 e. The Morgan fingerprint density at radius 3 is 2.64 bits per heavy atom. The summed E-state index contributed by atoms with van der Waals surface area (Å²) in [6.45, 7) is 9.35. The van der Waals surface area contributed by atoms with Crippen molar-refractivity contribution >= 4 is 0 Å². The van der Waals surface area contributed by atoms with Crippen molar-refractivity contribution in [2.24, 2.45) is 17.8 Å². The molecule has 80 valence electrons. The summed E-state index contributed by atoms with van der Waals surface area (Å²) in [5.74, 6) is 2.46. The molecule has 2 nitrogen and oxygen atoms in total. The Morgan fingerprint density at radius 1 is 1.21 bits per heavy atom. The van der Waals surface area contributed by atoms with Gasteiger partial charge in [-0.15, -0.1) is 0 Å². The lowest BCUT2D eigenvalue weighted by atomic mass is 9.61. The van der Waals surface area contributed by atoms with E-state index in [9.17, 15) is 0 Å². The summed E-state index contributed by atoms with van der Waals surface area (Å²) in [4.78, 5) is 6.12. The molecule has 2 saturated heterocycles. The van der Waals surface area contributed by atoms with Gasteiger partial charge in [0, 0.05) is 17.5 Å². The Bertz CT molecular complexity index is 263. The van der Waals surface area contributed by atoms with Gasteiger partial charge in [0.2, 0.25) is 0 Å². The van der Waals surface area contributed by atoms with E-state index in [0.717, 1.165) is 23.8 Å². The van der Waals surface area contributed by atoms with Crippen molar-refractivity contribution in [1.29, 1.82) is 0 Å². The molecule has 1 saturated carbocycles. The predicted molar refractivity (Wildman–Crippen MR) is 55.6 cm³/mol. The quantitative estimate of drug-likeness (QED) is 0.588. The number of fused-ring (bicyclic) bond motifs is 3. The first-order valence-corrected chi connectivity index (χ1v) is 5.98. The lowest BCUT2D eigenvalue weighted by Gasteiger charge is -2.44. The molecule has 0 aromatic carbocycles. The zero-order valence-electron chi connectivity index (χ0n) is 9.66. The molecule has 0 aromatic rings. The molecule has 0 bridgehead atoms. The second-order valence-electron chi connectivity index (χ2n) is 6.11. The highest BCUT2D eigenvalue weighted by molar-refractivity contribution is 5.08. The van der Waals surface area contributed by atoms with Crippen molar-refractivity contribution in [3.05, 3.63) is 0 Å². The molecule has 14 heavy (non-hydrogen) atoms. The van der Waals surface area contributed by atoms with Crippen LogP contribution in [0.3, 0.4) is 0 Å². The van der Waals surface area contributed by atoms with Gasteiger partial charge in [-0.05, 0) is 38.5 Å². The Hall–Kier alpha value is -0.0800. The third-order valence-corrected chi connectivity index (χ3v) is 4.96. The highest BCUT2D eigenvalue weighted by Gasteiger charge is 2.61. The molecule has 2 heterocycles. The van der Waals surface area contributed by atoms with Gasteiger partial charge < -0.3 is 0 Å². The second kappa shape index (κ2) is 2.53. The summed E-state index contributed by atoms with van der Waals surface area (Å²) < 4.78 is 0. The van der Waals surface area contributed by atoms with E-state index >= 15 is 0 Å². The summed E-state index contributed by atoms with van der Waals surface area (Å²) in [6.07, 6.45) is 3.17. The maximum absolute atomic E-state index is 6.12. The number of hydrogen-bond acceptors (Lipinski definition) is 2. The SMILES string of the molecule is C[C@@H]1[C@H](C)[C@@H]2[C@H]1ON1[C@H]2CCC1(C)C. The maximum Gasteiger partial charge on any atom is 0.0868 e. The normalized spacial score (nSPS) is 55.3. The monoisotopic (exact) mass is 195 g/mol. The second-order valence-corrected chi connectivity index (χ2v) is 6.11. The van der Waals surface area contributed by atoms with Crippen LogP contribution in [0.15, 0.2) is 0 Å². The van der Waals surface area contributed by atoms with Gasteiger partial charge in [0.25, 0.3) is 0 Å². The van der Waals surface area contributed by atoms with E-state index in [1.54, 1.807) is 0 Å². The highest BCUT2D eigenvalue weighted by Crippen LogP contribution is 2.56. The van der Waals surface area contributed by atoms with Gasteiger partial charge in [0.1, 0.15) is 0 Å². The van der Waals surface area contributed by atoms with Crippen LogP contribution in [0.1, 0.15) is 40.5 Å². The van der Waals surface area contributed by atoms with Crippen molar-refractivity contribution in [3.63, 3.8) is 0 Å². The van der Waals surface area contributed by atoms with E-state index in [4.69, 9.17) is 4.84 Å². The molecule has 3 aliphatic rings. The van der Waals surface area contributed by atoms with E-state index in [1.165, 1.54) is 12.8 Å². The first kappa shape index (κ1) is 9.17. The minimum atomic E-state index is 0.279. The van der Waals surface area contributed by atoms with E-state index in [2.05, 4.69) is 32.8 Å². The van der Waals surface area contributed by atoms with Crippen LogP contribution in [-0.2, 0) is 4.84 Å². The maximum atomic E-state index is 6.12. The van der Waals surface area contributed by atoms with Gasteiger partial charge in [0.05, 0.1) is 6.10 Å². The topological polar surface area (TPSA) is 12.5 Å². The molecule has 5 atom stereocenters. The van der Waals surface area contributed by atoms with Gasteiger partial charge in [-0.25, -0.2) is 0 Å². The third-order valence-electron chi connectivity index (χ3n) is 4.96. The molecule has 1 aliphatic carbocycles. The molecule has 0 N–H and O–H groups in total. The van der Waals surface area contributed by atoms with Crippen LogP contribution in [0, 0.1) is 17.8 Å². The van der Waals surface area contributed by atoms with Crippen molar-refractivity contribution in [3.8, 4) is 0 Å².